The number of hydrogen-bond acceptors (Lipinski definition) is 8. The number of carbonyl (C=O) groups excluding carboxylic acids is 3. The Hall–Kier alpha value is -3.95. The van der Waals surface area contributed by atoms with Crippen molar-refractivity contribution in [3.05, 3.63) is 57.6 Å². The van der Waals surface area contributed by atoms with E-state index in [0.29, 0.717) is 5.56 Å². The molecule has 2 aromatic carbocycles. The molecule has 3 rings (SSSR count). The highest BCUT2D eigenvalue weighted by atomic mass is 16.7. The fourth-order valence-corrected chi connectivity index (χ4v) is 2.54. The topological polar surface area (TPSA) is 134 Å². The van der Waals surface area contributed by atoms with E-state index in [-0.39, 0.29) is 35.3 Å². The van der Waals surface area contributed by atoms with Crippen LogP contribution >= 0.6 is 0 Å². The first-order valence-corrected chi connectivity index (χ1v) is 8.02. The van der Waals surface area contributed by atoms with E-state index < -0.39 is 29.1 Å². The van der Waals surface area contributed by atoms with E-state index in [1.165, 1.54) is 13.0 Å². The Kier molecular flexibility index (Phi) is 5.21. The van der Waals surface area contributed by atoms with Gasteiger partial charge in [0.1, 0.15) is 5.56 Å². The number of nitrogens with zero attached hydrogens (tertiary/aromatic N) is 1. The summed E-state index contributed by atoms with van der Waals surface area (Å²) < 4.78 is 15.0. The van der Waals surface area contributed by atoms with E-state index in [1.54, 1.807) is 18.2 Å². The number of anilines is 1. The molecule has 0 fully saturated rings. The molecule has 0 saturated carbocycles. The van der Waals surface area contributed by atoms with Crippen molar-refractivity contribution in [2.45, 2.75) is 6.92 Å². The van der Waals surface area contributed by atoms with Crippen molar-refractivity contribution in [3.63, 3.8) is 0 Å². The highest BCUT2D eigenvalue weighted by Gasteiger charge is 2.28. The van der Waals surface area contributed by atoms with Crippen molar-refractivity contribution in [3.8, 4) is 11.5 Å². The lowest BCUT2D eigenvalue weighted by Gasteiger charge is -2.10. The second kappa shape index (κ2) is 7.74. The number of esters is 1. The fraction of sp³-hybridized carbons (Fsp3) is 0.167. The van der Waals surface area contributed by atoms with Gasteiger partial charge in [-0.25, -0.2) is 4.79 Å². The molecule has 10 nitrogen and oxygen atoms in total. The maximum atomic E-state index is 12.2. The molecule has 0 aromatic heterocycles. The van der Waals surface area contributed by atoms with Crippen molar-refractivity contribution in [1.29, 1.82) is 0 Å². The van der Waals surface area contributed by atoms with E-state index in [0.717, 1.165) is 12.1 Å². The molecule has 0 saturated heterocycles. The second-order valence-electron chi connectivity index (χ2n) is 5.71. The highest BCUT2D eigenvalue weighted by Crippen LogP contribution is 2.38. The minimum Gasteiger partial charge on any atom is -0.454 e. The molecule has 0 spiro atoms. The molecule has 0 aliphatic carbocycles. The standard InChI is InChI=1S/C18H14N2O8/c1-10(21)11-4-2-3-5-13(11)19-17(22)8-26-18(23)12-6-15-16(28-9-27-15)7-14(12)20(24)25/h2-7H,8-9H2,1H3,(H,19,22). The van der Waals surface area contributed by atoms with Gasteiger partial charge in [0.25, 0.3) is 11.6 Å². The average Bonchev–Trinajstić information content (AvgIpc) is 3.12. The molecule has 2 aromatic rings. The van der Waals surface area contributed by atoms with Crippen LogP contribution in [0, 0.1) is 10.1 Å². The Morgan fingerprint density at radius 3 is 2.50 bits per heavy atom. The third kappa shape index (κ3) is 3.90. The van der Waals surface area contributed by atoms with Crippen LogP contribution in [0.4, 0.5) is 11.4 Å². The van der Waals surface area contributed by atoms with Gasteiger partial charge in [0, 0.05) is 11.6 Å². The Labute approximate surface area is 158 Å². The first kappa shape index (κ1) is 18.8. The lowest BCUT2D eigenvalue weighted by atomic mass is 10.1. The monoisotopic (exact) mass is 386 g/mol. The molecule has 1 aliphatic heterocycles. The van der Waals surface area contributed by atoms with Crippen molar-refractivity contribution in [2.75, 3.05) is 18.7 Å². The van der Waals surface area contributed by atoms with Gasteiger partial charge in [-0.2, -0.15) is 0 Å². The summed E-state index contributed by atoms with van der Waals surface area (Å²) in [5.41, 5.74) is -0.332. The minimum absolute atomic E-state index is 0.122. The number of carbonyl (C=O) groups is 3. The van der Waals surface area contributed by atoms with E-state index >= 15 is 0 Å². The van der Waals surface area contributed by atoms with Gasteiger partial charge in [0.05, 0.1) is 16.7 Å². The van der Waals surface area contributed by atoms with Gasteiger partial charge >= 0.3 is 5.97 Å². The summed E-state index contributed by atoms with van der Waals surface area (Å²) in [4.78, 5) is 46.3. The molecule has 0 bridgehead atoms. The number of Topliss-reactive ketones (excluding diaryl/α,β-unsaturated/α-hetero) is 1. The van der Waals surface area contributed by atoms with Gasteiger partial charge in [-0.1, -0.05) is 12.1 Å². The second-order valence-corrected chi connectivity index (χ2v) is 5.71. The number of amides is 1. The SMILES string of the molecule is CC(=O)c1ccccc1NC(=O)COC(=O)c1cc2c(cc1[N+](=O)[O-])OCO2. The average molecular weight is 386 g/mol. The highest BCUT2D eigenvalue weighted by molar-refractivity contribution is 6.04. The molecule has 1 N–H and O–H groups in total. The fourth-order valence-electron chi connectivity index (χ4n) is 2.54. The number of para-hydroxylation sites is 1. The van der Waals surface area contributed by atoms with Crippen LogP contribution in [0.25, 0.3) is 0 Å². The molecular weight excluding hydrogens is 372 g/mol. The van der Waals surface area contributed by atoms with Crippen molar-refractivity contribution >= 4 is 29.0 Å². The Morgan fingerprint density at radius 1 is 1.14 bits per heavy atom. The zero-order valence-electron chi connectivity index (χ0n) is 14.6. The van der Waals surface area contributed by atoms with E-state index in [9.17, 15) is 24.5 Å². The van der Waals surface area contributed by atoms with Gasteiger partial charge in [-0.3, -0.25) is 19.7 Å². The largest absolute Gasteiger partial charge is 0.454 e. The lowest BCUT2D eigenvalue weighted by Crippen LogP contribution is -2.22. The molecule has 1 aliphatic rings. The van der Waals surface area contributed by atoms with Crippen molar-refractivity contribution in [1.82, 2.24) is 0 Å². The summed E-state index contributed by atoms with van der Waals surface area (Å²) in [5, 5.41) is 13.7. The zero-order chi connectivity index (χ0) is 20.3. The molecule has 0 unspecified atom stereocenters. The van der Waals surface area contributed by atoms with Gasteiger partial charge in [0.15, 0.2) is 23.9 Å². The number of ether oxygens (including phenoxy) is 3. The van der Waals surface area contributed by atoms with Gasteiger partial charge in [-0.15, -0.1) is 0 Å². The van der Waals surface area contributed by atoms with Crippen LogP contribution in [0.15, 0.2) is 36.4 Å². The summed E-state index contributed by atoms with van der Waals surface area (Å²) >= 11 is 0. The van der Waals surface area contributed by atoms with E-state index in [2.05, 4.69) is 5.32 Å². The van der Waals surface area contributed by atoms with Crippen molar-refractivity contribution < 1.29 is 33.5 Å². The molecule has 144 valence electrons. The third-order valence-corrected chi connectivity index (χ3v) is 3.82. The van der Waals surface area contributed by atoms with Crippen LogP contribution in [0.3, 0.4) is 0 Å². The molecule has 1 amide bonds. The van der Waals surface area contributed by atoms with Crippen molar-refractivity contribution in [2.24, 2.45) is 0 Å². The predicted octanol–water partition coefficient (Wildman–Crippen LogP) is 2.32. The predicted molar refractivity (Wildman–Crippen MR) is 94.6 cm³/mol. The quantitative estimate of drug-likeness (QED) is 0.346. The molecule has 0 radical (unpaired) electrons. The third-order valence-electron chi connectivity index (χ3n) is 3.82. The molecular formula is C18H14N2O8. The van der Waals surface area contributed by atoms with E-state index in [4.69, 9.17) is 14.2 Å². The maximum Gasteiger partial charge on any atom is 0.345 e. The van der Waals surface area contributed by atoms with Gasteiger partial charge in [0.2, 0.25) is 6.79 Å². The van der Waals surface area contributed by atoms with Crippen LogP contribution in [0.5, 0.6) is 11.5 Å². The van der Waals surface area contributed by atoms with Crippen LogP contribution in [0.2, 0.25) is 0 Å². The zero-order valence-corrected chi connectivity index (χ0v) is 14.6. The first-order valence-electron chi connectivity index (χ1n) is 8.02. The molecule has 10 heteroatoms. The first-order chi connectivity index (χ1) is 13.4. The van der Waals surface area contributed by atoms with Gasteiger partial charge < -0.3 is 19.5 Å². The Balaban J connectivity index is 1.70. The Morgan fingerprint density at radius 2 is 1.82 bits per heavy atom. The number of nitro benzene ring substituents is 1. The Bertz CT molecular complexity index is 986. The summed E-state index contributed by atoms with van der Waals surface area (Å²) in [6.45, 7) is 0.531. The number of fused-ring (bicyclic) bond motifs is 1. The lowest BCUT2D eigenvalue weighted by molar-refractivity contribution is -0.385. The molecule has 0 atom stereocenters. The minimum atomic E-state index is -1.07. The number of nitro groups is 1. The number of benzene rings is 2. The molecule has 1 heterocycles. The summed E-state index contributed by atoms with van der Waals surface area (Å²) in [6.07, 6.45) is 0. The summed E-state index contributed by atoms with van der Waals surface area (Å²) in [7, 11) is 0. The summed E-state index contributed by atoms with van der Waals surface area (Å²) in [6, 6.07) is 8.53. The van der Waals surface area contributed by atoms with Gasteiger partial charge in [-0.05, 0) is 19.1 Å². The van der Waals surface area contributed by atoms with Crippen LogP contribution < -0.4 is 14.8 Å². The summed E-state index contributed by atoms with van der Waals surface area (Å²) in [5.74, 6) is -1.71. The van der Waals surface area contributed by atoms with Crippen LogP contribution in [-0.2, 0) is 9.53 Å². The van der Waals surface area contributed by atoms with Crippen LogP contribution in [0.1, 0.15) is 27.6 Å². The number of rotatable bonds is 6. The number of nitrogens with one attached hydrogen (secondary N) is 1. The maximum absolute atomic E-state index is 12.2. The number of hydrogen-bond donors (Lipinski definition) is 1. The smallest absolute Gasteiger partial charge is 0.345 e. The van der Waals surface area contributed by atoms with Crippen LogP contribution in [-0.4, -0.2) is 36.0 Å². The number of ketones is 1. The molecule has 28 heavy (non-hydrogen) atoms. The normalized spacial score (nSPS) is 11.6. The van der Waals surface area contributed by atoms with E-state index in [1.807, 2.05) is 0 Å².